The van der Waals surface area contributed by atoms with Crippen molar-refractivity contribution in [3.8, 4) is 0 Å². The predicted molar refractivity (Wildman–Crippen MR) is 71.5 cm³/mol. The summed E-state index contributed by atoms with van der Waals surface area (Å²) < 4.78 is 0. The van der Waals surface area contributed by atoms with Crippen molar-refractivity contribution in [2.45, 2.75) is 52.9 Å². The van der Waals surface area contributed by atoms with Crippen molar-refractivity contribution in [2.24, 2.45) is 17.1 Å². The van der Waals surface area contributed by atoms with Crippen LogP contribution in [0.25, 0.3) is 0 Å². The van der Waals surface area contributed by atoms with Gasteiger partial charge in [-0.2, -0.15) is 0 Å². The van der Waals surface area contributed by atoms with Crippen molar-refractivity contribution in [1.29, 1.82) is 0 Å². The fraction of sp³-hybridized carbons (Fsp3) is 1.00. The van der Waals surface area contributed by atoms with E-state index in [1.54, 1.807) is 0 Å². The van der Waals surface area contributed by atoms with Gasteiger partial charge in [-0.3, -0.25) is 0 Å². The highest BCUT2D eigenvalue weighted by Gasteiger charge is 2.28. The van der Waals surface area contributed by atoms with Crippen LogP contribution in [-0.4, -0.2) is 31.1 Å². The maximum atomic E-state index is 5.83. The number of likely N-dealkylation sites (tertiary alicyclic amines) is 1. The zero-order valence-corrected chi connectivity index (χ0v) is 11.5. The highest BCUT2D eigenvalue weighted by Crippen LogP contribution is 2.34. The molecule has 0 bridgehead atoms. The van der Waals surface area contributed by atoms with E-state index in [4.69, 9.17) is 5.73 Å². The molecule has 0 aromatic rings. The second-order valence-electron chi connectivity index (χ2n) is 5.86. The molecule has 96 valence electrons. The van der Waals surface area contributed by atoms with Gasteiger partial charge in [0.05, 0.1) is 0 Å². The number of piperidine rings is 1. The first-order chi connectivity index (χ1) is 7.63. The summed E-state index contributed by atoms with van der Waals surface area (Å²) in [6.45, 7) is 11.7. The molecule has 0 amide bonds. The van der Waals surface area contributed by atoms with E-state index in [0.29, 0.717) is 5.41 Å². The summed E-state index contributed by atoms with van der Waals surface area (Å²) in [4.78, 5) is 2.63. The molecule has 0 aliphatic carbocycles. The largest absolute Gasteiger partial charge is 0.330 e. The van der Waals surface area contributed by atoms with Gasteiger partial charge in [-0.1, -0.05) is 33.6 Å². The minimum absolute atomic E-state index is 0.611. The van der Waals surface area contributed by atoms with E-state index < -0.39 is 0 Å². The summed E-state index contributed by atoms with van der Waals surface area (Å²) >= 11 is 0. The Hall–Kier alpha value is -0.0800. The predicted octanol–water partition coefficient (Wildman–Crippen LogP) is 2.87. The Morgan fingerprint density at radius 3 is 2.31 bits per heavy atom. The van der Waals surface area contributed by atoms with Gasteiger partial charge in [0, 0.05) is 6.54 Å². The molecule has 0 spiro atoms. The van der Waals surface area contributed by atoms with Gasteiger partial charge in [0.2, 0.25) is 0 Å². The van der Waals surface area contributed by atoms with Crippen molar-refractivity contribution in [3.05, 3.63) is 0 Å². The van der Waals surface area contributed by atoms with Crippen LogP contribution < -0.4 is 5.73 Å². The smallest absolute Gasteiger partial charge is 0.00217 e. The van der Waals surface area contributed by atoms with Crippen LogP contribution >= 0.6 is 0 Å². The Bertz CT molecular complexity index is 183. The topological polar surface area (TPSA) is 29.3 Å². The average Bonchev–Trinajstić information content (AvgIpc) is 2.31. The summed E-state index contributed by atoms with van der Waals surface area (Å²) in [5.41, 5.74) is 6.44. The van der Waals surface area contributed by atoms with Crippen LogP contribution in [0.1, 0.15) is 52.9 Å². The Morgan fingerprint density at radius 2 is 1.88 bits per heavy atom. The SMILES string of the molecule is CCCC(CN)CN1CCC(C)(CC)CC1. The van der Waals surface area contributed by atoms with E-state index in [1.165, 1.54) is 51.7 Å². The maximum Gasteiger partial charge on any atom is 0.00217 e. The molecular formula is C14H30N2. The number of hydrogen-bond donors (Lipinski definition) is 1. The normalized spacial score (nSPS) is 23.2. The molecule has 0 aromatic carbocycles. The molecule has 1 fully saturated rings. The van der Waals surface area contributed by atoms with Gasteiger partial charge >= 0.3 is 0 Å². The van der Waals surface area contributed by atoms with Gasteiger partial charge in [-0.25, -0.2) is 0 Å². The third kappa shape index (κ3) is 4.06. The lowest BCUT2D eigenvalue weighted by Gasteiger charge is -2.40. The van der Waals surface area contributed by atoms with E-state index in [-0.39, 0.29) is 0 Å². The standard InChI is InChI=1S/C14H30N2/c1-4-6-13(11-15)12-16-9-7-14(3,5-2)8-10-16/h13H,4-12,15H2,1-3H3. The van der Waals surface area contributed by atoms with Gasteiger partial charge in [-0.05, 0) is 50.2 Å². The van der Waals surface area contributed by atoms with E-state index in [0.717, 1.165) is 12.5 Å². The third-order valence-electron chi connectivity index (χ3n) is 4.46. The van der Waals surface area contributed by atoms with Gasteiger partial charge in [0.25, 0.3) is 0 Å². The molecule has 2 heteroatoms. The monoisotopic (exact) mass is 226 g/mol. The molecule has 0 aromatic heterocycles. The van der Waals surface area contributed by atoms with E-state index in [2.05, 4.69) is 25.7 Å². The molecule has 1 saturated heterocycles. The second-order valence-corrected chi connectivity index (χ2v) is 5.86. The molecule has 1 aliphatic heterocycles. The molecular weight excluding hydrogens is 196 g/mol. The Morgan fingerprint density at radius 1 is 1.25 bits per heavy atom. The maximum absolute atomic E-state index is 5.83. The molecule has 2 nitrogen and oxygen atoms in total. The fourth-order valence-corrected chi connectivity index (χ4v) is 2.69. The summed E-state index contributed by atoms with van der Waals surface area (Å²) in [5.74, 6) is 0.719. The molecule has 0 saturated carbocycles. The first kappa shape index (κ1) is 14.0. The second kappa shape index (κ2) is 6.61. The molecule has 1 atom stereocenters. The minimum Gasteiger partial charge on any atom is -0.330 e. The molecule has 1 aliphatic rings. The molecule has 1 unspecified atom stereocenters. The van der Waals surface area contributed by atoms with Crippen LogP contribution in [0.15, 0.2) is 0 Å². The van der Waals surface area contributed by atoms with Crippen molar-refractivity contribution in [1.82, 2.24) is 4.90 Å². The van der Waals surface area contributed by atoms with Crippen molar-refractivity contribution in [3.63, 3.8) is 0 Å². The Labute approximate surface area is 102 Å². The van der Waals surface area contributed by atoms with Crippen LogP contribution in [0.5, 0.6) is 0 Å². The lowest BCUT2D eigenvalue weighted by molar-refractivity contribution is 0.101. The van der Waals surface area contributed by atoms with Crippen LogP contribution in [0, 0.1) is 11.3 Å². The zero-order valence-electron chi connectivity index (χ0n) is 11.5. The number of hydrogen-bond acceptors (Lipinski definition) is 2. The van der Waals surface area contributed by atoms with E-state index >= 15 is 0 Å². The van der Waals surface area contributed by atoms with Crippen LogP contribution in [0.2, 0.25) is 0 Å². The van der Waals surface area contributed by atoms with Gasteiger partial charge in [0.15, 0.2) is 0 Å². The van der Waals surface area contributed by atoms with Crippen molar-refractivity contribution in [2.75, 3.05) is 26.2 Å². The lowest BCUT2D eigenvalue weighted by atomic mass is 9.78. The van der Waals surface area contributed by atoms with Crippen LogP contribution in [-0.2, 0) is 0 Å². The quantitative estimate of drug-likeness (QED) is 0.754. The first-order valence-corrected chi connectivity index (χ1v) is 7.06. The summed E-state index contributed by atoms with van der Waals surface area (Å²) in [7, 11) is 0. The van der Waals surface area contributed by atoms with Gasteiger partial charge in [0.1, 0.15) is 0 Å². The average molecular weight is 226 g/mol. The van der Waals surface area contributed by atoms with Crippen molar-refractivity contribution >= 4 is 0 Å². The molecule has 1 rings (SSSR count). The fourth-order valence-electron chi connectivity index (χ4n) is 2.69. The summed E-state index contributed by atoms with van der Waals surface area (Å²) in [5, 5.41) is 0. The summed E-state index contributed by atoms with van der Waals surface area (Å²) in [6.07, 6.45) is 6.62. The first-order valence-electron chi connectivity index (χ1n) is 7.06. The Balaban J connectivity index is 2.30. The molecule has 16 heavy (non-hydrogen) atoms. The lowest BCUT2D eigenvalue weighted by Crippen LogP contribution is -2.41. The van der Waals surface area contributed by atoms with Gasteiger partial charge in [-0.15, -0.1) is 0 Å². The molecule has 1 heterocycles. The van der Waals surface area contributed by atoms with Crippen LogP contribution in [0.3, 0.4) is 0 Å². The van der Waals surface area contributed by atoms with E-state index in [9.17, 15) is 0 Å². The van der Waals surface area contributed by atoms with Crippen LogP contribution in [0.4, 0.5) is 0 Å². The minimum atomic E-state index is 0.611. The zero-order chi connectivity index (χ0) is 12.0. The molecule has 0 radical (unpaired) electrons. The Kier molecular flexibility index (Phi) is 5.77. The number of nitrogens with two attached hydrogens (primary N) is 1. The number of rotatable bonds is 6. The number of nitrogens with zero attached hydrogens (tertiary/aromatic N) is 1. The third-order valence-corrected chi connectivity index (χ3v) is 4.46. The summed E-state index contributed by atoms with van der Waals surface area (Å²) in [6, 6.07) is 0. The van der Waals surface area contributed by atoms with E-state index in [1.807, 2.05) is 0 Å². The molecule has 2 N–H and O–H groups in total. The van der Waals surface area contributed by atoms with Crippen molar-refractivity contribution < 1.29 is 0 Å². The highest BCUT2D eigenvalue weighted by molar-refractivity contribution is 4.82. The highest BCUT2D eigenvalue weighted by atomic mass is 15.1. The van der Waals surface area contributed by atoms with Gasteiger partial charge < -0.3 is 10.6 Å².